The minimum absolute atomic E-state index is 0.549. The summed E-state index contributed by atoms with van der Waals surface area (Å²) < 4.78 is 11.0. The van der Waals surface area contributed by atoms with E-state index in [1.165, 1.54) is 0 Å². The lowest BCUT2D eigenvalue weighted by atomic mass is 10.00. The zero-order valence-corrected chi connectivity index (χ0v) is 12.8. The summed E-state index contributed by atoms with van der Waals surface area (Å²) in [7, 11) is 0. The number of hydrogen-bond donors (Lipinski definition) is 1. The Balaban J connectivity index is 1.82. The molecule has 0 fully saturated rings. The van der Waals surface area contributed by atoms with Crippen LogP contribution in [0, 0.1) is 6.92 Å². The Morgan fingerprint density at radius 2 is 1.30 bits per heavy atom. The fourth-order valence-corrected chi connectivity index (χ4v) is 2.42. The summed E-state index contributed by atoms with van der Waals surface area (Å²) in [5.41, 5.74) is 3.12. The molecule has 0 bridgehead atoms. The molecule has 0 spiro atoms. The fourth-order valence-electron chi connectivity index (χ4n) is 2.42. The molecule has 1 unspecified atom stereocenters. The van der Waals surface area contributed by atoms with Crippen LogP contribution in [-0.2, 0) is 0 Å². The average Bonchev–Trinajstić information content (AvgIpc) is 2.57. The van der Waals surface area contributed by atoms with Gasteiger partial charge in [0.05, 0.1) is 0 Å². The zero-order valence-electron chi connectivity index (χ0n) is 12.8. The summed E-state index contributed by atoms with van der Waals surface area (Å²) in [5, 5.41) is 10.1. The molecule has 0 saturated carbocycles. The Bertz CT molecular complexity index is 769. The van der Waals surface area contributed by atoms with Crippen LogP contribution in [-0.4, -0.2) is 11.6 Å². The minimum atomic E-state index is -1.37. The van der Waals surface area contributed by atoms with Crippen LogP contribution in [0.5, 0.6) is 11.5 Å². The fraction of sp³-hybridized carbons (Fsp3) is 0.100. The lowest BCUT2D eigenvalue weighted by molar-refractivity contribution is -0.159. The Hall–Kier alpha value is -2.78. The van der Waals surface area contributed by atoms with E-state index in [1.807, 2.05) is 73.7 Å². The highest BCUT2D eigenvalue weighted by atomic mass is 16.8. The third kappa shape index (κ3) is 3.71. The van der Waals surface area contributed by atoms with Gasteiger partial charge in [0.1, 0.15) is 11.5 Å². The second-order valence-corrected chi connectivity index (χ2v) is 5.17. The number of aliphatic hydroxyl groups excluding tert-OH is 1. The molecule has 3 rings (SSSR count). The van der Waals surface area contributed by atoms with Crippen LogP contribution >= 0.6 is 0 Å². The van der Waals surface area contributed by atoms with E-state index in [2.05, 4.69) is 0 Å². The summed E-state index contributed by atoms with van der Waals surface area (Å²) in [4.78, 5) is 0. The van der Waals surface area contributed by atoms with E-state index in [0.29, 0.717) is 11.5 Å². The van der Waals surface area contributed by atoms with Crippen molar-refractivity contribution in [3.63, 3.8) is 0 Å². The topological polar surface area (TPSA) is 38.7 Å². The van der Waals surface area contributed by atoms with Crippen molar-refractivity contribution in [2.24, 2.45) is 0 Å². The number of aliphatic hydroxyl groups is 1. The molecule has 3 nitrogen and oxygen atoms in total. The molecule has 0 aliphatic heterocycles. The molecule has 116 valence electrons. The number of para-hydroxylation sites is 2. The second-order valence-electron chi connectivity index (χ2n) is 5.17. The SMILES string of the molecule is Cc1ccccc1-c1ccccc1OC(O)Oc1ccccc1. The predicted molar refractivity (Wildman–Crippen MR) is 90.3 cm³/mol. The second kappa shape index (κ2) is 6.99. The average molecular weight is 306 g/mol. The van der Waals surface area contributed by atoms with E-state index >= 15 is 0 Å². The smallest absolute Gasteiger partial charge is 0.358 e. The van der Waals surface area contributed by atoms with E-state index in [1.54, 1.807) is 12.1 Å². The number of ether oxygens (including phenoxy) is 2. The predicted octanol–water partition coefficient (Wildman–Crippen LogP) is 4.40. The van der Waals surface area contributed by atoms with Crippen LogP contribution in [0.15, 0.2) is 78.9 Å². The van der Waals surface area contributed by atoms with Crippen LogP contribution in [0.25, 0.3) is 11.1 Å². The van der Waals surface area contributed by atoms with Gasteiger partial charge in [-0.1, -0.05) is 60.7 Å². The van der Waals surface area contributed by atoms with Crippen molar-refractivity contribution in [1.82, 2.24) is 0 Å². The molecule has 3 aromatic rings. The van der Waals surface area contributed by atoms with Gasteiger partial charge in [0, 0.05) is 5.56 Å². The van der Waals surface area contributed by atoms with Crippen LogP contribution in [0.3, 0.4) is 0 Å². The Morgan fingerprint density at radius 1 is 0.696 bits per heavy atom. The molecule has 0 amide bonds. The summed E-state index contributed by atoms with van der Waals surface area (Å²) in [6.45, 7) is 0.672. The molecule has 0 saturated heterocycles. The normalized spacial score (nSPS) is 11.7. The molecule has 1 atom stereocenters. The van der Waals surface area contributed by atoms with Gasteiger partial charge in [-0.05, 0) is 36.2 Å². The van der Waals surface area contributed by atoms with Crippen LogP contribution < -0.4 is 9.47 Å². The number of aryl methyl sites for hydroxylation is 1. The van der Waals surface area contributed by atoms with Gasteiger partial charge in [-0.25, -0.2) is 0 Å². The zero-order chi connectivity index (χ0) is 16.1. The highest BCUT2D eigenvalue weighted by Crippen LogP contribution is 2.32. The molecule has 1 N–H and O–H groups in total. The molecular formula is C20H18O3. The molecule has 0 heterocycles. The standard InChI is InChI=1S/C20H18O3/c1-15-9-5-6-12-17(15)18-13-7-8-14-19(18)23-20(21)22-16-10-3-2-4-11-16/h2-14,20-21H,1H3. The van der Waals surface area contributed by atoms with Crippen molar-refractivity contribution in [2.75, 3.05) is 0 Å². The van der Waals surface area contributed by atoms with Crippen molar-refractivity contribution in [2.45, 2.75) is 13.4 Å². The highest BCUT2D eigenvalue weighted by molar-refractivity contribution is 5.73. The minimum Gasteiger partial charge on any atom is -0.432 e. The van der Waals surface area contributed by atoms with E-state index in [4.69, 9.17) is 9.47 Å². The third-order valence-electron chi connectivity index (χ3n) is 3.53. The number of rotatable bonds is 5. The van der Waals surface area contributed by atoms with Gasteiger partial charge in [0.15, 0.2) is 0 Å². The van der Waals surface area contributed by atoms with Gasteiger partial charge in [-0.15, -0.1) is 0 Å². The van der Waals surface area contributed by atoms with E-state index < -0.39 is 6.48 Å². The van der Waals surface area contributed by atoms with Crippen molar-refractivity contribution >= 4 is 0 Å². The Kier molecular flexibility index (Phi) is 4.60. The van der Waals surface area contributed by atoms with E-state index in [0.717, 1.165) is 16.7 Å². The molecule has 23 heavy (non-hydrogen) atoms. The molecular weight excluding hydrogens is 288 g/mol. The maximum absolute atomic E-state index is 10.1. The Morgan fingerprint density at radius 3 is 2.04 bits per heavy atom. The van der Waals surface area contributed by atoms with Crippen LogP contribution in [0.2, 0.25) is 0 Å². The highest BCUT2D eigenvalue weighted by Gasteiger charge is 2.13. The first-order valence-corrected chi connectivity index (χ1v) is 7.45. The lowest BCUT2D eigenvalue weighted by Gasteiger charge is -2.18. The first-order valence-electron chi connectivity index (χ1n) is 7.45. The largest absolute Gasteiger partial charge is 0.432 e. The summed E-state index contributed by atoms with van der Waals surface area (Å²) >= 11 is 0. The molecule has 3 heteroatoms. The molecule has 0 aliphatic carbocycles. The van der Waals surface area contributed by atoms with Gasteiger partial charge >= 0.3 is 6.48 Å². The van der Waals surface area contributed by atoms with Gasteiger partial charge in [0.2, 0.25) is 0 Å². The van der Waals surface area contributed by atoms with Crippen LogP contribution in [0.4, 0.5) is 0 Å². The number of benzene rings is 3. The molecule has 3 aromatic carbocycles. The summed E-state index contributed by atoms with van der Waals surface area (Å²) in [6.07, 6.45) is 0. The van der Waals surface area contributed by atoms with Crippen molar-refractivity contribution < 1.29 is 14.6 Å². The molecule has 0 aromatic heterocycles. The van der Waals surface area contributed by atoms with Gasteiger partial charge in [-0.3, -0.25) is 0 Å². The molecule has 0 aliphatic rings. The monoisotopic (exact) mass is 306 g/mol. The van der Waals surface area contributed by atoms with Gasteiger partial charge < -0.3 is 14.6 Å². The van der Waals surface area contributed by atoms with E-state index in [-0.39, 0.29) is 0 Å². The summed E-state index contributed by atoms with van der Waals surface area (Å²) in [6, 6.07) is 24.7. The van der Waals surface area contributed by atoms with Crippen molar-refractivity contribution in [3.8, 4) is 22.6 Å². The third-order valence-corrected chi connectivity index (χ3v) is 3.53. The van der Waals surface area contributed by atoms with Crippen molar-refractivity contribution in [3.05, 3.63) is 84.4 Å². The maximum Gasteiger partial charge on any atom is 0.358 e. The molecule has 0 radical (unpaired) electrons. The lowest BCUT2D eigenvalue weighted by Crippen LogP contribution is -2.23. The van der Waals surface area contributed by atoms with Gasteiger partial charge in [-0.2, -0.15) is 0 Å². The Labute approximate surface area is 135 Å². The maximum atomic E-state index is 10.1. The van der Waals surface area contributed by atoms with E-state index in [9.17, 15) is 5.11 Å². The number of hydrogen-bond acceptors (Lipinski definition) is 3. The first-order chi connectivity index (χ1) is 11.2. The van der Waals surface area contributed by atoms with Gasteiger partial charge in [0.25, 0.3) is 0 Å². The van der Waals surface area contributed by atoms with Crippen molar-refractivity contribution in [1.29, 1.82) is 0 Å². The van der Waals surface area contributed by atoms with Crippen LogP contribution in [0.1, 0.15) is 5.56 Å². The quantitative estimate of drug-likeness (QED) is 0.710. The first kappa shape index (κ1) is 15.1. The summed E-state index contributed by atoms with van der Waals surface area (Å²) in [5.74, 6) is 1.12.